The molecular weight excluding hydrogens is 308 g/mol. The largest absolute Gasteiger partial charge is 0.506 e. The molecule has 108 valence electrons. The third-order valence-electron chi connectivity index (χ3n) is 2.61. The van der Waals surface area contributed by atoms with Crippen molar-refractivity contribution >= 4 is 34.3 Å². The monoisotopic (exact) mass is 320 g/mol. The summed E-state index contributed by atoms with van der Waals surface area (Å²) in [6.45, 7) is 5.28. The second-order valence-electron chi connectivity index (χ2n) is 4.12. The maximum Gasteiger partial charge on any atom is 0.142 e. The summed E-state index contributed by atoms with van der Waals surface area (Å²) < 4.78 is 0. The van der Waals surface area contributed by atoms with Gasteiger partial charge in [-0.25, -0.2) is 4.98 Å². The van der Waals surface area contributed by atoms with Crippen molar-refractivity contribution in [3.8, 4) is 10.6 Å². The highest BCUT2D eigenvalue weighted by Crippen LogP contribution is 2.29. The van der Waals surface area contributed by atoms with E-state index >= 15 is 0 Å². The average molecular weight is 321 g/mol. The Hall–Kier alpha value is -2.18. The predicted molar refractivity (Wildman–Crippen MR) is 86.9 cm³/mol. The molecule has 0 aromatic carbocycles. The molecule has 2 aromatic rings. The molecule has 21 heavy (non-hydrogen) atoms. The number of nitrogens with zero attached hydrogens (tertiary/aromatic N) is 3. The van der Waals surface area contributed by atoms with Crippen molar-refractivity contribution < 1.29 is 5.11 Å². The van der Waals surface area contributed by atoms with E-state index in [9.17, 15) is 5.11 Å². The molecule has 0 aliphatic heterocycles. The van der Waals surface area contributed by atoms with Crippen molar-refractivity contribution in [2.75, 3.05) is 5.73 Å². The van der Waals surface area contributed by atoms with Crippen LogP contribution < -0.4 is 5.73 Å². The van der Waals surface area contributed by atoms with Gasteiger partial charge in [0.1, 0.15) is 17.3 Å². The molecule has 0 fully saturated rings. The molecule has 0 amide bonds. The zero-order valence-electron chi connectivity index (χ0n) is 11.2. The predicted octanol–water partition coefficient (Wildman–Crippen LogP) is 3.78. The van der Waals surface area contributed by atoms with E-state index in [4.69, 9.17) is 17.3 Å². The number of hydrogen-bond donors (Lipinski definition) is 2. The van der Waals surface area contributed by atoms with Crippen LogP contribution in [0.5, 0.6) is 0 Å². The fourth-order valence-electron chi connectivity index (χ4n) is 1.63. The van der Waals surface area contributed by atoms with Crippen LogP contribution in [0.1, 0.15) is 12.6 Å². The Bertz CT molecular complexity index is 723. The molecule has 2 heterocycles. The van der Waals surface area contributed by atoms with Crippen LogP contribution in [0.2, 0.25) is 0 Å². The minimum atomic E-state index is -0.0984. The van der Waals surface area contributed by atoms with E-state index in [1.54, 1.807) is 17.8 Å². The lowest BCUT2D eigenvalue weighted by Gasteiger charge is -2.07. The first kappa shape index (κ1) is 15.2. The number of rotatable bonds is 4. The normalized spacial score (nSPS) is 13.0. The molecule has 0 aliphatic rings. The molecule has 0 bridgehead atoms. The van der Waals surface area contributed by atoms with Gasteiger partial charge in [-0.15, -0.1) is 11.3 Å². The minimum absolute atomic E-state index is 0.0984. The van der Waals surface area contributed by atoms with Gasteiger partial charge in [-0.1, -0.05) is 18.2 Å². The van der Waals surface area contributed by atoms with Crippen LogP contribution in [-0.4, -0.2) is 20.1 Å². The summed E-state index contributed by atoms with van der Waals surface area (Å²) in [6.07, 6.45) is 6.04. The first-order valence-corrected chi connectivity index (χ1v) is 7.20. The summed E-state index contributed by atoms with van der Waals surface area (Å²) in [5.41, 5.74) is 9.42. The van der Waals surface area contributed by atoms with Gasteiger partial charge in [0, 0.05) is 6.20 Å². The van der Waals surface area contributed by atoms with E-state index in [0.29, 0.717) is 17.2 Å². The number of aliphatic hydroxyl groups is 1. The molecule has 5 nitrogen and oxygen atoms in total. The Morgan fingerprint density at radius 1 is 1.48 bits per heavy atom. The highest BCUT2D eigenvalue weighted by Gasteiger charge is 2.13. The standard InChI is InChI=1S/C14H13ClN4OS/c1-3-10(20)9(15)4-8(2)13-14(11-5-17-7-21-11)19-12(16)6-18-13/h3-7,20H,1H2,2H3,(H2,16,19)/b8-4+,10-9-. The van der Waals surface area contributed by atoms with Gasteiger partial charge in [0.15, 0.2) is 0 Å². The molecule has 2 rings (SSSR count). The van der Waals surface area contributed by atoms with Crippen LogP contribution in [0, 0.1) is 0 Å². The van der Waals surface area contributed by atoms with Crippen LogP contribution >= 0.6 is 22.9 Å². The molecule has 0 atom stereocenters. The quantitative estimate of drug-likeness (QED) is 0.661. The topological polar surface area (TPSA) is 84.9 Å². The highest BCUT2D eigenvalue weighted by atomic mass is 35.5. The zero-order chi connectivity index (χ0) is 15.4. The molecule has 7 heteroatoms. The van der Waals surface area contributed by atoms with Crippen LogP contribution in [0.4, 0.5) is 5.82 Å². The molecule has 2 aromatic heterocycles. The van der Waals surface area contributed by atoms with Crippen LogP contribution in [0.3, 0.4) is 0 Å². The van der Waals surface area contributed by atoms with Gasteiger partial charge in [-0.3, -0.25) is 9.97 Å². The Labute approximate surface area is 131 Å². The van der Waals surface area contributed by atoms with E-state index in [2.05, 4.69) is 21.5 Å². The second kappa shape index (κ2) is 6.51. The summed E-state index contributed by atoms with van der Waals surface area (Å²) in [4.78, 5) is 13.5. The molecule has 0 saturated carbocycles. The molecule has 0 saturated heterocycles. The maximum atomic E-state index is 9.54. The zero-order valence-corrected chi connectivity index (χ0v) is 12.8. The third kappa shape index (κ3) is 3.48. The van der Waals surface area contributed by atoms with Crippen LogP contribution in [0.25, 0.3) is 16.1 Å². The third-order valence-corrected chi connectivity index (χ3v) is 3.69. The van der Waals surface area contributed by atoms with E-state index in [0.717, 1.165) is 10.5 Å². The molecule has 0 aliphatic carbocycles. The molecule has 0 unspecified atom stereocenters. The van der Waals surface area contributed by atoms with E-state index in [1.807, 2.05) is 6.92 Å². The number of aliphatic hydroxyl groups excluding tert-OH is 1. The van der Waals surface area contributed by atoms with Gasteiger partial charge in [0.25, 0.3) is 0 Å². The Morgan fingerprint density at radius 2 is 2.24 bits per heavy atom. The van der Waals surface area contributed by atoms with Crippen LogP contribution in [0.15, 0.2) is 47.4 Å². The van der Waals surface area contributed by atoms with Gasteiger partial charge >= 0.3 is 0 Å². The van der Waals surface area contributed by atoms with Gasteiger partial charge < -0.3 is 10.8 Å². The summed E-state index contributed by atoms with van der Waals surface area (Å²) in [5, 5.41) is 9.72. The fraction of sp³-hybridized carbons (Fsp3) is 0.0714. The summed E-state index contributed by atoms with van der Waals surface area (Å²) in [6, 6.07) is 0. The SMILES string of the molecule is C=C/C(O)=C(Cl)\C=C(/C)c1ncc(N)nc1-c1cncs1. The summed E-state index contributed by atoms with van der Waals surface area (Å²) in [7, 11) is 0. The lowest BCUT2D eigenvalue weighted by molar-refractivity contribution is 0.431. The Morgan fingerprint density at radius 3 is 2.86 bits per heavy atom. The summed E-state index contributed by atoms with van der Waals surface area (Å²) >= 11 is 7.42. The fourth-order valence-corrected chi connectivity index (χ4v) is 2.48. The van der Waals surface area contributed by atoms with Gasteiger partial charge in [0.2, 0.25) is 0 Å². The second-order valence-corrected chi connectivity index (χ2v) is 5.42. The number of nitrogens with two attached hydrogens (primary N) is 1. The summed E-state index contributed by atoms with van der Waals surface area (Å²) in [5.74, 6) is 0.226. The van der Waals surface area contributed by atoms with Gasteiger partial charge in [-0.05, 0) is 24.6 Å². The molecular formula is C14H13ClN4OS. The number of anilines is 1. The number of thiazole rings is 1. The van der Waals surface area contributed by atoms with Gasteiger partial charge in [-0.2, -0.15) is 0 Å². The highest BCUT2D eigenvalue weighted by molar-refractivity contribution is 7.13. The Balaban J connectivity index is 2.54. The lowest BCUT2D eigenvalue weighted by Crippen LogP contribution is -1.99. The number of nitrogen functional groups attached to an aromatic ring is 1. The minimum Gasteiger partial charge on any atom is -0.506 e. The number of aromatic nitrogens is 3. The van der Waals surface area contributed by atoms with E-state index < -0.39 is 0 Å². The van der Waals surface area contributed by atoms with Crippen molar-refractivity contribution in [3.05, 3.63) is 53.1 Å². The van der Waals surface area contributed by atoms with Gasteiger partial charge in [0.05, 0.1) is 27.3 Å². The van der Waals surface area contributed by atoms with E-state index in [1.165, 1.54) is 23.6 Å². The van der Waals surface area contributed by atoms with Crippen molar-refractivity contribution in [3.63, 3.8) is 0 Å². The maximum absolute atomic E-state index is 9.54. The average Bonchev–Trinajstić information content (AvgIpc) is 3.00. The molecule has 3 N–H and O–H groups in total. The van der Waals surface area contributed by atoms with Crippen molar-refractivity contribution in [2.24, 2.45) is 0 Å². The first-order valence-electron chi connectivity index (χ1n) is 5.94. The number of hydrogen-bond acceptors (Lipinski definition) is 6. The molecule has 0 radical (unpaired) electrons. The first-order chi connectivity index (χ1) is 10.0. The van der Waals surface area contributed by atoms with Crippen LogP contribution in [-0.2, 0) is 0 Å². The van der Waals surface area contributed by atoms with Crippen molar-refractivity contribution in [1.29, 1.82) is 0 Å². The van der Waals surface area contributed by atoms with Crippen molar-refractivity contribution in [1.82, 2.24) is 15.0 Å². The van der Waals surface area contributed by atoms with Crippen molar-refractivity contribution in [2.45, 2.75) is 6.92 Å². The number of allylic oxidation sites excluding steroid dienone is 4. The van der Waals surface area contributed by atoms with E-state index in [-0.39, 0.29) is 10.8 Å². The lowest BCUT2D eigenvalue weighted by atomic mass is 10.1. The Kier molecular flexibility index (Phi) is 4.72. The number of halogens is 1. The smallest absolute Gasteiger partial charge is 0.142 e. The molecule has 0 spiro atoms.